The summed E-state index contributed by atoms with van der Waals surface area (Å²) in [7, 11) is 0. The first kappa shape index (κ1) is 15.3. The van der Waals surface area contributed by atoms with Crippen LogP contribution in [-0.4, -0.2) is 23.0 Å². The molecule has 1 unspecified atom stereocenters. The van der Waals surface area contributed by atoms with Crippen LogP contribution in [-0.2, 0) is 4.79 Å². The molecule has 5 nitrogen and oxygen atoms in total. The Balaban J connectivity index is 3.04. The highest BCUT2D eigenvalue weighted by Crippen LogP contribution is 2.23. The number of aliphatic carboxylic acids is 1. The summed E-state index contributed by atoms with van der Waals surface area (Å²) >= 11 is 5.85. The zero-order valence-corrected chi connectivity index (χ0v) is 11.6. The Morgan fingerprint density at radius 1 is 1.42 bits per heavy atom. The van der Waals surface area contributed by atoms with Gasteiger partial charge in [0, 0.05) is 10.7 Å². The van der Waals surface area contributed by atoms with Gasteiger partial charge < -0.3 is 16.2 Å². The van der Waals surface area contributed by atoms with Gasteiger partial charge in [0.1, 0.15) is 6.04 Å². The molecule has 0 spiro atoms. The average molecular weight is 285 g/mol. The van der Waals surface area contributed by atoms with Crippen molar-refractivity contribution in [2.75, 3.05) is 5.32 Å². The second-order valence-electron chi connectivity index (χ2n) is 4.72. The monoisotopic (exact) mass is 284 g/mol. The van der Waals surface area contributed by atoms with Gasteiger partial charge in [-0.2, -0.15) is 0 Å². The van der Waals surface area contributed by atoms with Gasteiger partial charge in [-0.05, 0) is 30.5 Å². The standard InChI is InChI=1S/C13H17ClN2O3/c1-7(2)5-11(13(18)19)16-10-6-8(14)3-4-9(10)12(15)17/h3-4,6-7,11,16H,5H2,1-2H3,(H2,15,17)(H,18,19). The maximum absolute atomic E-state index is 11.3. The fourth-order valence-corrected chi connectivity index (χ4v) is 1.90. The number of carbonyl (C=O) groups is 2. The zero-order chi connectivity index (χ0) is 14.6. The van der Waals surface area contributed by atoms with E-state index in [2.05, 4.69) is 5.32 Å². The van der Waals surface area contributed by atoms with Crippen LogP contribution in [0, 0.1) is 5.92 Å². The first-order valence-corrected chi connectivity index (χ1v) is 6.27. The van der Waals surface area contributed by atoms with Crippen molar-refractivity contribution in [1.82, 2.24) is 0 Å². The summed E-state index contributed by atoms with van der Waals surface area (Å²) in [5, 5.41) is 12.4. The van der Waals surface area contributed by atoms with E-state index in [1.54, 1.807) is 0 Å². The van der Waals surface area contributed by atoms with Crippen LogP contribution >= 0.6 is 11.6 Å². The second kappa shape index (κ2) is 6.43. The van der Waals surface area contributed by atoms with Crippen molar-refractivity contribution < 1.29 is 14.7 Å². The van der Waals surface area contributed by atoms with Gasteiger partial charge in [0.15, 0.2) is 0 Å². The number of primary amides is 1. The number of hydrogen-bond donors (Lipinski definition) is 3. The first-order chi connectivity index (χ1) is 8.81. The summed E-state index contributed by atoms with van der Waals surface area (Å²) in [6.07, 6.45) is 0.431. The van der Waals surface area contributed by atoms with Crippen LogP contribution in [0.3, 0.4) is 0 Å². The number of carbonyl (C=O) groups excluding carboxylic acids is 1. The van der Waals surface area contributed by atoms with E-state index in [0.717, 1.165) is 0 Å². The Kier molecular flexibility index (Phi) is 5.18. The summed E-state index contributed by atoms with van der Waals surface area (Å²) in [6.45, 7) is 3.84. The number of nitrogens with one attached hydrogen (secondary N) is 1. The number of nitrogens with two attached hydrogens (primary N) is 1. The molecule has 1 rings (SSSR count). The molecule has 0 heterocycles. The van der Waals surface area contributed by atoms with E-state index in [1.807, 2.05) is 13.8 Å². The molecule has 1 amide bonds. The number of rotatable bonds is 6. The Hall–Kier alpha value is -1.75. The van der Waals surface area contributed by atoms with E-state index >= 15 is 0 Å². The summed E-state index contributed by atoms with van der Waals surface area (Å²) in [5.74, 6) is -1.42. The lowest BCUT2D eigenvalue weighted by Gasteiger charge is -2.19. The summed E-state index contributed by atoms with van der Waals surface area (Å²) in [6, 6.07) is 3.71. The molecule has 0 fully saturated rings. The molecule has 6 heteroatoms. The van der Waals surface area contributed by atoms with Crippen molar-refractivity contribution in [2.45, 2.75) is 26.3 Å². The van der Waals surface area contributed by atoms with Crippen LogP contribution in [0.15, 0.2) is 18.2 Å². The van der Waals surface area contributed by atoms with Crippen LogP contribution in [0.5, 0.6) is 0 Å². The van der Waals surface area contributed by atoms with Gasteiger partial charge in [-0.1, -0.05) is 25.4 Å². The summed E-state index contributed by atoms with van der Waals surface area (Å²) in [5.41, 5.74) is 5.81. The second-order valence-corrected chi connectivity index (χ2v) is 5.16. The molecule has 0 aliphatic heterocycles. The fourth-order valence-electron chi connectivity index (χ4n) is 1.73. The minimum absolute atomic E-state index is 0.199. The number of hydrogen-bond acceptors (Lipinski definition) is 3. The van der Waals surface area contributed by atoms with Crippen molar-refractivity contribution in [3.05, 3.63) is 28.8 Å². The normalized spacial score (nSPS) is 12.2. The minimum atomic E-state index is -0.982. The molecule has 1 aromatic rings. The highest BCUT2D eigenvalue weighted by molar-refractivity contribution is 6.31. The molecular formula is C13H17ClN2O3. The van der Waals surface area contributed by atoms with Crippen molar-refractivity contribution >= 4 is 29.2 Å². The Morgan fingerprint density at radius 2 is 2.05 bits per heavy atom. The van der Waals surface area contributed by atoms with E-state index in [0.29, 0.717) is 17.1 Å². The highest BCUT2D eigenvalue weighted by atomic mass is 35.5. The van der Waals surface area contributed by atoms with E-state index in [1.165, 1.54) is 18.2 Å². The molecule has 0 saturated heterocycles. The van der Waals surface area contributed by atoms with Crippen LogP contribution in [0.25, 0.3) is 0 Å². The van der Waals surface area contributed by atoms with Crippen LogP contribution in [0.2, 0.25) is 5.02 Å². The SMILES string of the molecule is CC(C)CC(Nc1cc(Cl)ccc1C(N)=O)C(=O)O. The lowest BCUT2D eigenvalue weighted by atomic mass is 10.0. The van der Waals surface area contributed by atoms with Gasteiger partial charge in [0.25, 0.3) is 5.91 Å². The van der Waals surface area contributed by atoms with Gasteiger partial charge in [-0.15, -0.1) is 0 Å². The van der Waals surface area contributed by atoms with Crippen molar-refractivity contribution in [3.8, 4) is 0 Å². The number of anilines is 1. The smallest absolute Gasteiger partial charge is 0.326 e. The van der Waals surface area contributed by atoms with Crippen molar-refractivity contribution in [2.24, 2.45) is 11.7 Å². The molecule has 0 saturated carbocycles. The van der Waals surface area contributed by atoms with E-state index in [9.17, 15) is 14.7 Å². The van der Waals surface area contributed by atoms with Gasteiger partial charge in [0.2, 0.25) is 0 Å². The molecule has 1 aromatic carbocycles. The molecule has 1 atom stereocenters. The Bertz CT molecular complexity index is 489. The largest absolute Gasteiger partial charge is 0.480 e. The summed E-state index contributed by atoms with van der Waals surface area (Å²) in [4.78, 5) is 22.5. The average Bonchev–Trinajstić information content (AvgIpc) is 2.26. The Labute approximate surface area is 116 Å². The van der Waals surface area contributed by atoms with Gasteiger partial charge in [-0.3, -0.25) is 4.79 Å². The van der Waals surface area contributed by atoms with E-state index in [4.69, 9.17) is 17.3 Å². The molecule has 0 radical (unpaired) electrons. The fraction of sp³-hybridized carbons (Fsp3) is 0.385. The van der Waals surface area contributed by atoms with Gasteiger partial charge >= 0.3 is 5.97 Å². The van der Waals surface area contributed by atoms with Gasteiger partial charge in [0.05, 0.1) is 5.56 Å². The van der Waals surface area contributed by atoms with Crippen LogP contribution < -0.4 is 11.1 Å². The van der Waals surface area contributed by atoms with Crippen LogP contribution in [0.1, 0.15) is 30.6 Å². The molecule has 19 heavy (non-hydrogen) atoms. The Morgan fingerprint density at radius 3 is 2.53 bits per heavy atom. The van der Waals surface area contributed by atoms with E-state index < -0.39 is 17.9 Å². The molecule has 0 bridgehead atoms. The summed E-state index contributed by atoms with van der Waals surface area (Å²) < 4.78 is 0. The molecule has 4 N–H and O–H groups in total. The minimum Gasteiger partial charge on any atom is -0.480 e. The number of carboxylic acids is 1. The molecule has 104 valence electrons. The number of halogens is 1. The van der Waals surface area contributed by atoms with E-state index in [-0.39, 0.29) is 11.5 Å². The lowest BCUT2D eigenvalue weighted by molar-refractivity contribution is -0.138. The topological polar surface area (TPSA) is 92.4 Å². The maximum atomic E-state index is 11.3. The maximum Gasteiger partial charge on any atom is 0.326 e. The van der Waals surface area contributed by atoms with Crippen LogP contribution in [0.4, 0.5) is 5.69 Å². The lowest BCUT2D eigenvalue weighted by Crippen LogP contribution is -2.31. The molecule has 0 aliphatic carbocycles. The third kappa shape index (κ3) is 4.44. The quantitative estimate of drug-likeness (QED) is 0.747. The molecular weight excluding hydrogens is 268 g/mol. The number of amides is 1. The number of benzene rings is 1. The number of carboxylic acid groups (broad SMARTS) is 1. The molecule has 0 aromatic heterocycles. The predicted octanol–water partition coefficient (Wildman–Crippen LogP) is 2.35. The van der Waals surface area contributed by atoms with Gasteiger partial charge in [-0.25, -0.2) is 4.79 Å². The predicted molar refractivity (Wildman–Crippen MR) is 74.5 cm³/mol. The first-order valence-electron chi connectivity index (χ1n) is 5.90. The highest BCUT2D eigenvalue weighted by Gasteiger charge is 2.20. The third-order valence-electron chi connectivity index (χ3n) is 2.58. The van der Waals surface area contributed by atoms with Crippen molar-refractivity contribution in [1.29, 1.82) is 0 Å². The van der Waals surface area contributed by atoms with Crippen molar-refractivity contribution in [3.63, 3.8) is 0 Å². The molecule has 0 aliphatic rings. The third-order valence-corrected chi connectivity index (χ3v) is 2.82. The zero-order valence-electron chi connectivity index (χ0n) is 10.8.